The number of hydrogen-bond acceptors (Lipinski definition) is 5. The molecule has 0 aliphatic heterocycles. The number of nitrogens with one attached hydrogen (secondary N) is 2. The predicted octanol–water partition coefficient (Wildman–Crippen LogP) is 4.57. The Morgan fingerprint density at radius 2 is 1.70 bits per heavy atom. The van der Waals surface area contributed by atoms with Gasteiger partial charge in [-0.15, -0.1) is 0 Å². The summed E-state index contributed by atoms with van der Waals surface area (Å²) in [6.07, 6.45) is -0.596. The van der Waals surface area contributed by atoms with Crippen LogP contribution in [-0.4, -0.2) is 31.3 Å². The first-order chi connectivity index (χ1) is 14.1. The van der Waals surface area contributed by atoms with Crippen molar-refractivity contribution in [1.29, 1.82) is 0 Å². The second-order valence-electron chi connectivity index (χ2n) is 7.25. The van der Waals surface area contributed by atoms with Crippen LogP contribution in [0.15, 0.2) is 42.5 Å². The number of alkyl halides is 2. The number of carbonyl (C=O) groups is 2. The molecule has 2 rings (SSSR count). The Kier molecular flexibility index (Phi) is 7.57. The Bertz CT molecular complexity index is 880. The van der Waals surface area contributed by atoms with Crippen LogP contribution in [0.2, 0.25) is 0 Å². The van der Waals surface area contributed by atoms with E-state index in [4.69, 9.17) is 9.47 Å². The summed E-state index contributed by atoms with van der Waals surface area (Å²) in [5.74, 6) is -0.318. The highest BCUT2D eigenvalue weighted by Gasteiger charge is 2.16. The van der Waals surface area contributed by atoms with E-state index in [-0.39, 0.29) is 24.0 Å². The highest BCUT2D eigenvalue weighted by atomic mass is 19.3. The van der Waals surface area contributed by atoms with Crippen molar-refractivity contribution in [2.45, 2.75) is 39.5 Å². The van der Waals surface area contributed by atoms with Crippen molar-refractivity contribution in [3.63, 3.8) is 0 Å². The Hall–Kier alpha value is -3.36. The quantitative estimate of drug-likeness (QED) is 0.683. The molecule has 0 radical (unpaired) electrons. The van der Waals surface area contributed by atoms with Crippen molar-refractivity contribution in [2.24, 2.45) is 0 Å². The van der Waals surface area contributed by atoms with Gasteiger partial charge < -0.3 is 19.5 Å². The number of halogens is 2. The third kappa shape index (κ3) is 7.23. The third-order valence-corrected chi connectivity index (χ3v) is 3.69. The predicted molar refractivity (Wildman–Crippen MR) is 107 cm³/mol. The highest BCUT2D eigenvalue weighted by molar-refractivity contribution is 5.95. The molecule has 0 bridgehead atoms. The second-order valence-corrected chi connectivity index (χ2v) is 7.25. The topological polar surface area (TPSA) is 85.9 Å². The fourth-order valence-electron chi connectivity index (χ4n) is 2.43. The van der Waals surface area contributed by atoms with Crippen molar-refractivity contribution in [1.82, 2.24) is 5.32 Å². The standard InChI is InChI=1S/C21H24F2N2O5/c1-21(2,3)30-20(27)25-15-8-6-14(7-9-15)18(26)24-12-13-5-10-16(28-4)17(11-13)29-19(22)23/h5-11,19H,12H2,1-4H3,(H,24,26)(H,25,27). The van der Waals surface area contributed by atoms with E-state index in [1.807, 2.05) is 0 Å². The van der Waals surface area contributed by atoms with Crippen LogP contribution < -0.4 is 20.1 Å². The van der Waals surface area contributed by atoms with Crippen molar-refractivity contribution >= 4 is 17.7 Å². The molecule has 2 amide bonds. The van der Waals surface area contributed by atoms with Crippen molar-refractivity contribution in [3.05, 3.63) is 53.6 Å². The molecule has 0 atom stereocenters. The number of carbonyl (C=O) groups excluding carboxylic acids is 2. The van der Waals surface area contributed by atoms with Crippen LogP contribution in [0, 0.1) is 0 Å². The molecule has 2 N–H and O–H groups in total. The lowest BCUT2D eigenvalue weighted by Crippen LogP contribution is -2.27. The van der Waals surface area contributed by atoms with Crippen LogP contribution in [0.5, 0.6) is 11.5 Å². The van der Waals surface area contributed by atoms with Gasteiger partial charge in [-0.05, 0) is 62.7 Å². The fourth-order valence-corrected chi connectivity index (χ4v) is 2.43. The summed E-state index contributed by atoms with van der Waals surface area (Å²) in [5.41, 5.74) is 0.779. The van der Waals surface area contributed by atoms with E-state index in [1.165, 1.54) is 19.2 Å². The van der Waals surface area contributed by atoms with Gasteiger partial charge >= 0.3 is 12.7 Å². The van der Waals surface area contributed by atoms with E-state index in [0.29, 0.717) is 16.8 Å². The van der Waals surface area contributed by atoms with Crippen molar-refractivity contribution < 1.29 is 32.6 Å². The van der Waals surface area contributed by atoms with Crippen LogP contribution in [0.3, 0.4) is 0 Å². The molecule has 2 aromatic rings. The smallest absolute Gasteiger partial charge is 0.412 e. The first-order valence-electron chi connectivity index (χ1n) is 9.07. The summed E-state index contributed by atoms with van der Waals surface area (Å²) in [5, 5.41) is 5.26. The van der Waals surface area contributed by atoms with E-state index in [1.54, 1.807) is 51.1 Å². The number of methoxy groups -OCH3 is 1. The molecule has 0 spiro atoms. The van der Waals surface area contributed by atoms with E-state index in [0.717, 1.165) is 0 Å². The van der Waals surface area contributed by atoms with Crippen LogP contribution >= 0.6 is 0 Å². The summed E-state index contributed by atoms with van der Waals surface area (Å²) in [6.45, 7) is 2.37. The zero-order valence-corrected chi connectivity index (χ0v) is 17.1. The van der Waals surface area contributed by atoms with Crippen molar-refractivity contribution in [2.75, 3.05) is 12.4 Å². The van der Waals surface area contributed by atoms with Gasteiger partial charge in [-0.2, -0.15) is 8.78 Å². The molecule has 162 valence electrons. The summed E-state index contributed by atoms with van der Waals surface area (Å²) >= 11 is 0. The minimum Gasteiger partial charge on any atom is -0.493 e. The molecule has 30 heavy (non-hydrogen) atoms. The molecule has 0 aromatic heterocycles. The Morgan fingerprint density at radius 3 is 2.27 bits per heavy atom. The molecule has 0 heterocycles. The lowest BCUT2D eigenvalue weighted by molar-refractivity contribution is -0.0512. The van der Waals surface area contributed by atoms with Crippen molar-refractivity contribution in [3.8, 4) is 11.5 Å². The minimum absolute atomic E-state index is 0.0976. The molecular formula is C21H24F2N2O5. The monoisotopic (exact) mass is 422 g/mol. The van der Waals surface area contributed by atoms with E-state index in [2.05, 4.69) is 15.4 Å². The van der Waals surface area contributed by atoms with E-state index in [9.17, 15) is 18.4 Å². The van der Waals surface area contributed by atoms with Gasteiger partial charge in [-0.3, -0.25) is 10.1 Å². The Labute approximate surface area is 173 Å². The third-order valence-electron chi connectivity index (χ3n) is 3.69. The molecule has 0 unspecified atom stereocenters. The molecular weight excluding hydrogens is 398 g/mol. The van der Waals surface area contributed by atoms with Crippen LogP contribution in [-0.2, 0) is 11.3 Å². The molecule has 9 heteroatoms. The summed E-state index contributed by atoms with van der Waals surface area (Å²) < 4.78 is 39.6. The largest absolute Gasteiger partial charge is 0.493 e. The Morgan fingerprint density at radius 1 is 1.03 bits per heavy atom. The molecule has 0 aliphatic carbocycles. The van der Waals surface area contributed by atoms with Gasteiger partial charge in [0.2, 0.25) is 0 Å². The first-order valence-corrected chi connectivity index (χ1v) is 9.07. The number of ether oxygens (including phenoxy) is 3. The molecule has 0 fully saturated rings. The first kappa shape index (κ1) is 22.9. The highest BCUT2D eigenvalue weighted by Crippen LogP contribution is 2.29. The summed E-state index contributed by atoms with van der Waals surface area (Å²) in [6, 6.07) is 10.7. The van der Waals surface area contributed by atoms with Crippen LogP contribution in [0.4, 0.5) is 19.3 Å². The molecule has 0 saturated heterocycles. The van der Waals surface area contributed by atoms with Gasteiger partial charge in [0.25, 0.3) is 5.91 Å². The SMILES string of the molecule is COc1ccc(CNC(=O)c2ccc(NC(=O)OC(C)(C)C)cc2)cc1OC(F)F. The van der Waals surface area contributed by atoms with Gasteiger partial charge in [0.05, 0.1) is 7.11 Å². The second kappa shape index (κ2) is 9.91. The molecule has 2 aromatic carbocycles. The minimum atomic E-state index is -2.99. The van der Waals surface area contributed by atoms with E-state index >= 15 is 0 Å². The zero-order chi connectivity index (χ0) is 22.3. The average molecular weight is 422 g/mol. The summed E-state index contributed by atoms with van der Waals surface area (Å²) in [4.78, 5) is 24.1. The number of hydrogen-bond donors (Lipinski definition) is 2. The number of rotatable bonds is 7. The maximum absolute atomic E-state index is 12.5. The number of benzene rings is 2. The van der Waals surface area contributed by atoms with Crippen LogP contribution in [0.1, 0.15) is 36.7 Å². The average Bonchev–Trinajstić information content (AvgIpc) is 2.65. The zero-order valence-electron chi connectivity index (χ0n) is 17.1. The maximum Gasteiger partial charge on any atom is 0.412 e. The van der Waals surface area contributed by atoms with E-state index < -0.39 is 18.3 Å². The normalized spacial score (nSPS) is 11.0. The van der Waals surface area contributed by atoms with Gasteiger partial charge in [-0.25, -0.2) is 4.79 Å². The van der Waals surface area contributed by atoms with Gasteiger partial charge in [0.1, 0.15) is 5.60 Å². The van der Waals surface area contributed by atoms with Gasteiger partial charge in [-0.1, -0.05) is 6.07 Å². The van der Waals surface area contributed by atoms with Gasteiger partial charge in [0.15, 0.2) is 11.5 Å². The molecule has 7 nitrogen and oxygen atoms in total. The number of anilines is 1. The number of amides is 2. The maximum atomic E-state index is 12.5. The summed E-state index contributed by atoms with van der Waals surface area (Å²) in [7, 11) is 1.34. The molecule has 0 saturated carbocycles. The lowest BCUT2D eigenvalue weighted by atomic mass is 10.1. The van der Waals surface area contributed by atoms with Gasteiger partial charge in [0, 0.05) is 17.8 Å². The fraction of sp³-hybridized carbons (Fsp3) is 0.333. The lowest BCUT2D eigenvalue weighted by Gasteiger charge is -2.19. The Balaban J connectivity index is 1.96. The molecule has 0 aliphatic rings. The van der Waals surface area contributed by atoms with Crippen LogP contribution in [0.25, 0.3) is 0 Å².